The molecule has 0 aliphatic heterocycles. The van der Waals surface area contributed by atoms with Crippen molar-refractivity contribution >= 4 is 28.8 Å². The Morgan fingerprint density at radius 2 is 2.24 bits per heavy atom. The van der Waals surface area contributed by atoms with Gasteiger partial charge in [-0.25, -0.2) is 4.39 Å². The van der Waals surface area contributed by atoms with Crippen LogP contribution in [-0.2, 0) is 6.54 Å². The van der Waals surface area contributed by atoms with Crippen LogP contribution < -0.4 is 5.73 Å². The number of thiocarbonyl (C=S) groups is 1. The Hall–Kier alpha value is -0.710. The summed E-state index contributed by atoms with van der Waals surface area (Å²) in [5.74, 6) is -0.169. The molecule has 1 aromatic carbocycles. The highest BCUT2D eigenvalue weighted by atomic mass is 35.5. The molecule has 0 bridgehead atoms. The van der Waals surface area contributed by atoms with Gasteiger partial charge in [0.2, 0.25) is 0 Å². The fraction of sp³-hybridized carbons (Fsp3) is 0.417. The van der Waals surface area contributed by atoms with Gasteiger partial charge in [-0.3, -0.25) is 0 Å². The Morgan fingerprint density at radius 3 is 2.76 bits per heavy atom. The van der Waals surface area contributed by atoms with Crippen LogP contribution in [0.1, 0.15) is 12.5 Å². The van der Waals surface area contributed by atoms with E-state index in [0.717, 1.165) is 0 Å². The first-order chi connectivity index (χ1) is 7.90. The molecule has 0 aliphatic carbocycles. The highest BCUT2D eigenvalue weighted by molar-refractivity contribution is 7.80. The van der Waals surface area contributed by atoms with E-state index in [2.05, 4.69) is 0 Å². The van der Waals surface area contributed by atoms with Crippen LogP contribution in [0.3, 0.4) is 0 Å². The highest BCUT2D eigenvalue weighted by Gasteiger charge is 2.11. The zero-order valence-electron chi connectivity index (χ0n) is 9.91. The first-order valence-corrected chi connectivity index (χ1v) is 6.10. The van der Waals surface area contributed by atoms with Crippen molar-refractivity contribution in [2.75, 3.05) is 13.6 Å². The van der Waals surface area contributed by atoms with Gasteiger partial charge in [0.15, 0.2) is 0 Å². The second-order valence-corrected chi connectivity index (χ2v) is 5.14. The van der Waals surface area contributed by atoms with E-state index in [0.29, 0.717) is 28.7 Å². The van der Waals surface area contributed by atoms with Gasteiger partial charge in [0, 0.05) is 29.6 Å². The van der Waals surface area contributed by atoms with Gasteiger partial charge in [-0.2, -0.15) is 0 Å². The molecule has 1 atom stereocenters. The molecule has 1 rings (SSSR count). The number of nitrogens with two attached hydrogens (primary N) is 1. The second-order valence-electron chi connectivity index (χ2n) is 4.24. The van der Waals surface area contributed by atoms with Crippen LogP contribution in [0, 0.1) is 11.7 Å². The molecule has 0 radical (unpaired) electrons. The van der Waals surface area contributed by atoms with Crippen molar-refractivity contribution in [1.29, 1.82) is 0 Å². The summed E-state index contributed by atoms with van der Waals surface area (Å²) in [4.78, 5) is 2.46. The third-order valence-corrected chi connectivity index (χ3v) is 3.16. The molecule has 0 heterocycles. The van der Waals surface area contributed by atoms with E-state index >= 15 is 0 Å². The number of benzene rings is 1. The quantitative estimate of drug-likeness (QED) is 0.838. The van der Waals surface area contributed by atoms with Crippen LogP contribution in [0.2, 0.25) is 5.02 Å². The van der Waals surface area contributed by atoms with Crippen LogP contribution in [0.5, 0.6) is 0 Å². The Kier molecular flexibility index (Phi) is 5.31. The average molecular weight is 275 g/mol. The summed E-state index contributed by atoms with van der Waals surface area (Å²) in [6, 6.07) is 4.70. The van der Waals surface area contributed by atoms with Crippen molar-refractivity contribution in [3.05, 3.63) is 34.6 Å². The maximum atomic E-state index is 13.5. The van der Waals surface area contributed by atoms with Gasteiger partial charge in [0.1, 0.15) is 5.82 Å². The summed E-state index contributed by atoms with van der Waals surface area (Å²) in [5, 5.41) is 0.408. The van der Waals surface area contributed by atoms with E-state index in [1.807, 2.05) is 18.9 Å². The van der Waals surface area contributed by atoms with Crippen LogP contribution in [0.15, 0.2) is 18.2 Å². The lowest BCUT2D eigenvalue weighted by molar-refractivity contribution is 0.303. The predicted molar refractivity (Wildman–Crippen MR) is 73.7 cm³/mol. The van der Waals surface area contributed by atoms with Crippen molar-refractivity contribution in [3.63, 3.8) is 0 Å². The van der Waals surface area contributed by atoms with Crippen LogP contribution in [0.4, 0.5) is 4.39 Å². The minimum atomic E-state index is -0.285. The molecule has 2 nitrogen and oxygen atoms in total. The topological polar surface area (TPSA) is 29.3 Å². The minimum absolute atomic E-state index is 0.116. The van der Waals surface area contributed by atoms with Crippen molar-refractivity contribution in [2.45, 2.75) is 13.5 Å². The number of halogens is 2. The van der Waals surface area contributed by atoms with E-state index in [1.54, 1.807) is 12.1 Å². The summed E-state index contributed by atoms with van der Waals surface area (Å²) < 4.78 is 13.5. The normalized spacial score (nSPS) is 12.8. The summed E-state index contributed by atoms with van der Waals surface area (Å²) in [5.41, 5.74) is 6.16. The number of hydrogen-bond donors (Lipinski definition) is 1. The molecule has 0 aromatic heterocycles. The lowest BCUT2D eigenvalue weighted by atomic mass is 10.1. The Bertz CT molecular complexity index is 411. The third kappa shape index (κ3) is 4.58. The largest absolute Gasteiger partial charge is 0.393 e. The standard InChI is InChI=1S/C12H16ClFN2S/c1-8(12(15)17)6-16(2)7-9-3-4-10(13)5-11(9)14/h3-5,8H,6-7H2,1-2H3,(H2,15,17). The first-order valence-electron chi connectivity index (χ1n) is 5.32. The molecule has 1 unspecified atom stereocenters. The third-order valence-electron chi connectivity index (χ3n) is 2.53. The fourth-order valence-electron chi connectivity index (χ4n) is 1.56. The molecular weight excluding hydrogens is 259 g/mol. The molecule has 94 valence electrons. The number of nitrogens with zero attached hydrogens (tertiary/aromatic N) is 1. The zero-order valence-corrected chi connectivity index (χ0v) is 11.5. The molecule has 5 heteroatoms. The van der Waals surface area contributed by atoms with E-state index in [9.17, 15) is 4.39 Å². The summed E-state index contributed by atoms with van der Waals surface area (Å²) in [6.07, 6.45) is 0. The molecule has 17 heavy (non-hydrogen) atoms. The number of rotatable bonds is 5. The van der Waals surface area contributed by atoms with Gasteiger partial charge in [-0.1, -0.05) is 36.8 Å². The van der Waals surface area contributed by atoms with Crippen LogP contribution >= 0.6 is 23.8 Å². The monoisotopic (exact) mass is 274 g/mol. The van der Waals surface area contributed by atoms with E-state index < -0.39 is 0 Å². The fourth-order valence-corrected chi connectivity index (χ4v) is 1.80. The Labute approximate surface area is 112 Å². The van der Waals surface area contributed by atoms with Gasteiger partial charge < -0.3 is 10.6 Å². The van der Waals surface area contributed by atoms with Gasteiger partial charge in [-0.15, -0.1) is 0 Å². The summed E-state index contributed by atoms with van der Waals surface area (Å²) >= 11 is 10.6. The van der Waals surface area contributed by atoms with E-state index in [-0.39, 0.29) is 11.7 Å². The van der Waals surface area contributed by atoms with E-state index in [1.165, 1.54) is 6.07 Å². The molecule has 0 saturated heterocycles. The van der Waals surface area contributed by atoms with Gasteiger partial charge in [-0.05, 0) is 19.2 Å². The smallest absolute Gasteiger partial charge is 0.129 e. The molecule has 0 saturated carbocycles. The molecule has 2 N–H and O–H groups in total. The predicted octanol–water partition coefficient (Wildman–Crippen LogP) is 2.83. The molecule has 0 fully saturated rings. The minimum Gasteiger partial charge on any atom is -0.393 e. The average Bonchev–Trinajstić information content (AvgIpc) is 2.22. The lowest BCUT2D eigenvalue weighted by Crippen LogP contribution is -2.31. The van der Waals surface area contributed by atoms with Crippen molar-refractivity contribution in [2.24, 2.45) is 11.7 Å². The van der Waals surface area contributed by atoms with E-state index in [4.69, 9.17) is 29.6 Å². The molecular formula is C12H16ClFN2S. The molecule has 0 amide bonds. The van der Waals surface area contributed by atoms with Crippen molar-refractivity contribution in [1.82, 2.24) is 4.90 Å². The summed E-state index contributed by atoms with van der Waals surface area (Å²) in [6.45, 7) is 3.17. The first kappa shape index (κ1) is 14.4. The zero-order chi connectivity index (χ0) is 13.0. The van der Waals surface area contributed by atoms with Gasteiger partial charge >= 0.3 is 0 Å². The van der Waals surface area contributed by atoms with Gasteiger partial charge in [0.25, 0.3) is 0 Å². The SMILES string of the molecule is CC(CN(C)Cc1ccc(Cl)cc1F)C(N)=S. The highest BCUT2D eigenvalue weighted by Crippen LogP contribution is 2.16. The maximum Gasteiger partial charge on any atom is 0.129 e. The Morgan fingerprint density at radius 1 is 1.59 bits per heavy atom. The Balaban J connectivity index is 2.62. The number of hydrogen-bond acceptors (Lipinski definition) is 2. The van der Waals surface area contributed by atoms with Crippen LogP contribution in [-0.4, -0.2) is 23.5 Å². The van der Waals surface area contributed by atoms with Crippen LogP contribution in [0.25, 0.3) is 0 Å². The molecule has 1 aromatic rings. The second kappa shape index (κ2) is 6.28. The van der Waals surface area contributed by atoms with Crippen molar-refractivity contribution in [3.8, 4) is 0 Å². The maximum absolute atomic E-state index is 13.5. The van der Waals surface area contributed by atoms with Crippen molar-refractivity contribution < 1.29 is 4.39 Å². The summed E-state index contributed by atoms with van der Waals surface area (Å²) in [7, 11) is 1.91. The molecule has 0 spiro atoms. The molecule has 0 aliphatic rings. The lowest BCUT2D eigenvalue weighted by Gasteiger charge is -2.20. The van der Waals surface area contributed by atoms with Gasteiger partial charge in [0.05, 0.1) is 4.99 Å².